The highest BCUT2D eigenvalue weighted by molar-refractivity contribution is 5.98. The van der Waals surface area contributed by atoms with Crippen molar-refractivity contribution < 1.29 is 0 Å². The molecular formula is C51H32N4. The maximum absolute atomic E-state index is 5.04. The Labute approximate surface area is 319 Å². The minimum Gasteiger partial charge on any atom is -0.265 e. The number of nitrogens with zero attached hydrogens (tertiary/aromatic N) is 4. The fourth-order valence-corrected chi connectivity index (χ4v) is 8.97. The van der Waals surface area contributed by atoms with Crippen LogP contribution in [-0.4, -0.2) is 19.9 Å². The van der Waals surface area contributed by atoms with Crippen LogP contribution >= 0.6 is 0 Å². The smallest absolute Gasteiger partial charge is 0.0725 e. The van der Waals surface area contributed by atoms with E-state index in [9.17, 15) is 0 Å². The zero-order valence-corrected chi connectivity index (χ0v) is 29.8. The third-order valence-electron chi connectivity index (χ3n) is 11.5. The van der Waals surface area contributed by atoms with Crippen LogP contribution in [0.4, 0.5) is 0 Å². The van der Waals surface area contributed by atoms with Crippen molar-refractivity contribution in [3.63, 3.8) is 0 Å². The molecule has 2 aliphatic rings. The number of pyridine rings is 4. The molecule has 9 aromatic rings. The van der Waals surface area contributed by atoms with Gasteiger partial charge in [-0.05, 0) is 115 Å². The van der Waals surface area contributed by atoms with E-state index in [0.29, 0.717) is 0 Å². The lowest BCUT2D eigenvalue weighted by atomic mass is 9.65. The van der Waals surface area contributed by atoms with Gasteiger partial charge in [0.15, 0.2) is 0 Å². The monoisotopic (exact) mass is 700 g/mol. The van der Waals surface area contributed by atoms with Crippen LogP contribution < -0.4 is 0 Å². The van der Waals surface area contributed by atoms with Gasteiger partial charge in [-0.1, -0.05) is 109 Å². The summed E-state index contributed by atoms with van der Waals surface area (Å²) in [7, 11) is 0. The van der Waals surface area contributed by atoms with Crippen molar-refractivity contribution >= 4 is 0 Å². The molecule has 0 fully saturated rings. The summed E-state index contributed by atoms with van der Waals surface area (Å²) < 4.78 is 0. The fraction of sp³-hybridized carbons (Fsp3) is 0.0196. The fourth-order valence-electron chi connectivity index (χ4n) is 8.97. The average Bonchev–Trinajstić information content (AvgIpc) is 3.52. The molecule has 4 heterocycles. The molecule has 256 valence electrons. The summed E-state index contributed by atoms with van der Waals surface area (Å²) in [6.45, 7) is 0. The van der Waals surface area contributed by atoms with Gasteiger partial charge >= 0.3 is 0 Å². The predicted octanol–water partition coefficient (Wildman–Crippen LogP) is 11.9. The highest BCUT2D eigenvalue weighted by atomic mass is 14.7. The van der Waals surface area contributed by atoms with Gasteiger partial charge in [0.25, 0.3) is 0 Å². The Morgan fingerprint density at radius 1 is 0.291 bits per heavy atom. The highest BCUT2D eigenvalue weighted by Gasteiger charge is 2.49. The molecule has 0 saturated carbocycles. The van der Waals surface area contributed by atoms with E-state index in [1.807, 2.05) is 61.4 Å². The minimum absolute atomic E-state index is 0.628. The first-order chi connectivity index (χ1) is 27.3. The Morgan fingerprint density at radius 3 is 1.09 bits per heavy atom. The third-order valence-corrected chi connectivity index (χ3v) is 11.5. The standard InChI is InChI=1S/C51H32N4/c1-2-8-40-39(7-1)43-17-13-35(49-19-15-37(31-54-49)33-21-25-52-26-22-33)29-47(43)51(45-11-5-3-9-41(45)42-10-4-6-12-46(42)51)48-30-36(14-18-44(40)48)50-20-16-38(32-55-50)34-23-27-53-28-24-34/h1-32H. The lowest BCUT2D eigenvalue weighted by Crippen LogP contribution is -2.29. The summed E-state index contributed by atoms with van der Waals surface area (Å²) in [5, 5.41) is 0. The van der Waals surface area contributed by atoms with Gasteiger partial charge in [-0.3, -0.25) is 19.9 Å². The molecule has 4 aromatic heterocycles. The van der Waals surface area contributed by atoms with E-state index in [4.69, 9.17) is 9.97 Å². The first kappa shape index (κ1) is 31.2. The summed E-state index contributed by atoms with van der Waals surface area (Å²) in [6, 6.07) is 57.4. The van der Waals surface area contributed by atoms with Crippen LogP contribution in [0.5, 0.6) is 0 Å². The largest absolute Gasteiger partial charge is 0.265 e. The maximum atomic E-state index is 5.04. The van der Waals surface area contributed by atoms with Crippen molar-refractivity contribution in [2.24, 2.45) is 0 Å². The number of aromatic nitrogens is 4. The Morgan fingerprint density at radius 2 is 0.673 bits per heavy atom. The van der Waals surface area contributed by atoms with Crippen molar-refractivity contribution in [3.8, 4) is 78.1 Å². The molecule has 0 radical (unpaired) electrons. The van der Waals surface area contributed by atoms with E-state index in [1.165, 1.54) is 55.6 Å². The van der Waals surface area contributed by atoms with E-state index < -0.39 is 5.41 Å². The van der Waals surface area contributed by atoms with Crippen LogP contribution in [0.1, 0.15) is 22.3 Å². The van der Waals surface area contributed by atoms with Crippen LogP contribution in [0.2, 0.25) is 0 Å². The lowest BCUT2D eigenvalue weighted by Gasteiger charge is -2.36. The van der Waals surface area contributed by atoms with Gasteiger partial charge in [0.1, 0.15) is 0 Å². The second-order valence-electron chi connectivity index (χ2n) is 14.2. The summed E-state index contributed by atoms with van der Waals surface area (Å²) in [5.74, 6) is 0. The number of benzene rings is 5. The number of rotatable bonds is 4. The van der Waals surface area contributed by atoms with Crippen molar-refractivity contribution in [2.75, 3.05) is 0 Å². The third kappa shape index (κ3) is 4.78. The molecule has 1 spiro atoms. The maximum Gasteiger partial charge on any atom is 0.0725 e. The quantitative estimate of drug-likeness (QED) is 0.183. The summed E-state index contributed by atoms with van der Waals surface area (Å²) in [5.41, 5.74) is 20.2. The summed E-state index contributed by atoms with van der Waals surface area (Å²) in [4.78, 5) is 18.5. The van der Waals surface area contributed by atoms with Crippen molar-refractivity contribution in [1.29, 1.82) is 0 Å². The minimum atomic E-state index is -0.628. The van der Waals surface area contributed by atoms with Gasteiger partial charge in [0, 0.05) is 59.4 Å². The van der Waals surface area contributed by atoms with Crippen LogP contribution in [0, 0.1) is 0 Å². The zero-order valence-electron chi connectivity index (χ0n) is 29.8. The van der Waals surface area contributed by atoms with E-state index in [2.05, 4.69) is 143 Å². The van der Waals surface area contributed by atoms with Crippen LogP contribution in [-0.2, 0) is 5.41 Å². The molecule has 0 amide bonds. The second-order valence-corrected chi connectivity index (χ2v) is 14.2. The Kier molecular flexibility index (Phi) is 7.04. The Bertz CT molecular complexity index is 2700. The average molecular weight is 701 g/mol. The molecule has 0 bridgehead atoms. The van der Waals surface area contributed by atoms with Crippen LogP contribution in [0.25, 0.3) is 78.1 Å². The highest BCUT2D eigenvalue weighted by Crippen LogP contribution is 2.62. The van der Waals surface area contributed by atoms with Crippen LogP contribution in [0.15, 0.2) is 195 Å². The van der Waals surface area contributed by atoms with Gasteiger partial charge in [-0.15, -0.1) is 0 Å². The van der Waals surface area contributed by atoms with Crippen molar-refractivity contribution in [2.45, 2.75) is 5.41 Å². The topological polar surface area (TPSA) is 51.6 Å². The van der Waals surface area contributed by atoms with Gasteiger partial charge in [-0.25, -0.2) is 0 Å². The molecule has 0 N–H and O–H groups in total. The van der Waals surface area contributed by atoms with Crippen LogP contribution in [0.3, 0.4) is 0 Å². The Hall–Kier alpha value is -7.30. The van der Waals surface area contributed by atoms with Crippen molar-refractivity contribution in [1.82, 2.24) is 19.9 Å². The van der Waals surface area contributed by atoms with E-state index in [1.54, 1.807) is 0 Å². The molecule has 11 rings (SSSR count). The van der Waals surface area contributed by atoms with E-state index in [-0.39, 0.29) is 0 Å². The van der Waals surface area contributed by atoms with Gasteiger partial charge < -0.3 is 0 Å². The van der Waals surface area contributed by atoms with E-state index >= 15 is 0 Å². The molecule has 0 unspecified atom stereocenters. The van der Waals surface area contributed by atoms with E-state index in [0.717, 1.165) is 44.8 Å². The molecule has 0 saturated heterocycles. The first-order valence-corrected chi connectivity index (χ1v) is 18.6. The number of hydrogen-bond acceptors (Lipinski definition) is 4. The summed E-state index contributed by atoms with van der Waals surface area (Å²) in [6.07, 6.45) is 11.2. The lowest BCUT2D eigenvalue weighted by molar-refractivity contribution is 0.776. The van der Waals surface area contributed by atoms with Gasteiger partial charge in [0.05, 0.1) is 16.8 Å². The molecule has 0 aliphatic heterocycles. The zero-order chi connectivity index (χ0) is 36.3. The summed E-state index contributed by atoms with van der Waals surface area (Å²) >= 11 is 0. The molecule has 55 heavy (non-hydrogen) atoms. The molecule has 4 nitrogen and oxygen atoms in total. The Balaban J connectivity index is 1.19. The molecule has 4 heteroatoms. The molecule has 2 aliphatic carbocycles. The number of fused-ring (bicyclic) bond motifs is 12. The molecular weight excluding hydrogens is 669 g/mol. The normalized spacial score (nSPS) is 12.9. The van der Waals surface area contributed by atoms with Crippen molar-refractivity contribution in [3.05, 3.63) is 217 Å². The predicted molar refractivity (Wildman–Crippen MR) is 221 cm³/mol. The SMILES string of the molecule is c1ccc2c(c1)-c1ccc(-c3ccc(-c4ccncc4)cn3)cc1C1(c3cc(-c4ccc(-c5ccncc5)cn4)ccc3-2)c2ccccc2-c2ccccc21. The van der Waals surface area contributed by atoms with Gasteiger partial charge in [-0.2, -0.15) is 0 Å². The molecule has 5 aromatic carbocycles. The number of hydrogen-bond donors (Lipinski definition) is 0. The van der Waals surface area contributed by atoms with Gasteiger partial charge in [0.2, 0.25) is 0 Å². The first-order valence-electron chi connectivity index (χ1n) is 18.6. The molecule has 0 atom stereocenters. The second kappa shape index (κ2) is 12.4.